The molecule has 0 spiro atoms. The Hall–Kier alpha value is -1.06. The molecule has 0 aromatic rings. The molecule has 16 heavy (non-hydrogen) atoms. The maximum atomic E-state index is 12.3. The summed E-state index contributed by atoms with van der Waals surface area (Å²) in [6, 6.07) is 0.352. The van der Waals surface area contributed by atoms with Gasteiger partial charge in [-0.05, 0) is 44.4 Å². The zero-order valence-electron chi connectivity index (χ0n) is 9.32. The van der Waals surface area contributed by atoms with E-state index in [1.165, 1.54) is 12.8 Å². The van der Waals surface area contributed by atoms with Gasteiger partial charge in [0, 0.05) is 12.6 Å². The first-order chi connectivity index (χ1) is 7.63. The number of amides is 1. The average molecular weight is 223 g/mol. The molecule has 0 atom stereocenters. The molecular formula is C12H17NO3. The molecule has 3 aliphatic rings. The highest BCUT2D eigenvalue weighted by molar-refractivity contribution is 6.05. The number of hydrogen-bond donors (Lipinski definition) is 1. The second-order valence-corrected chi connectivity index (χ2v) is 5.52. The van der Waals surface area contributed by atoms with Crippen molar-refractivity contribution in [2.24, 2.45) is 11.3 Å². The summed E-state index contributed by atoms with van der Waals surface area (Å²) in [4.78, 5) is 25.3. The lowest BCUT2D eigenvalue weighted by atomic mass is 10.1. The molecule has 0 heterocycles. The average Bonchev–Trinajstić information content (AvgIpc) is 3.15. The second kappa shape index (κ2) is 3.22. The van der Waals surface area contributed by atoms with E-state index < -0.39 is 11.4 Å². The number of aliphatic carboxylic acids is 1. The van der Waals surface area contributed by atoms with Crippen LogP contribution in [0.5, 0.6) is 0 Å². The van der Waals surface area contributed by atoms with Gasteiger partial charge >= 0.3 is 5.97 Å². The smallest absolute Gasteiger partial charge is 0.319 e. The lowest BCUT2D eigenvalue weighted by Crippen LogP contribution is -2.43. The van der Waals surface area contributed by atoms with E-state index >= 15 is 0 Å². The van der Waals surface area contributed by atoms with E-state index in [4.69, 9.17) is 5.11 Å². The predicted molar refractivity (Wildman–Crippen MR) is 56.8 cm³/mol. The number of carbonyl (C=O) groups is 2. The molecule has 3 rings (SSSR count). The first-order valence-electron chi connectivity index (χ1n) is 6.18. The number of carboxylic acids is 1. The first kappa shape index (κ1) is 10.1. The Kier molecular flexibility index (Phi) is 2.03. The molecule has 3 aliphatic carbocycles. The van der Waals surface area contributed by atoms with Gasteiger partial charge in [-0.2, -0.15) is 0 Å². The molecule has 1 N–H and O–H groups in total. The van der Waals surface area contributed by atoms with Gasteiger partial charge in [-0.3, -0.25) is 9.59 Å². The third kappa shape index (κ3) is 1.60. The van der Waals surface area contributed by atoms with Crippen LogP contribution in [-0.2, 0) is 9.59 Å². The molecule has 4 nitrogen and oxygen atoms in total. The van der Waals surface area contributed by atoms with Crippen LogP contribution < -0.4 is 0 Å². The molecular weight excluding hydrogens is 206 g/mol. The third-order valence-electron chi connectivity index (χ3n) is 3.97. The van der Waals surface area contributed by atoms with Crippen molar-refractivity contribution in [1.29, 1.82) is 0 Å². The highest BCUT2D eigenvalue weighted by atomic mass is 16.4. The number of hydrogen-bond acceptors (Lipinski definition) is 2. The lowest BCUT2D eigenvalue weighted by molar-refractivity contribution is -0.153. The summed E-state index contributed by atoms with van der Waals surface area (Å²) in [5.41, 5.74) is -1.03. The number of rotatable bonds is 5. The fraction of sp³-hybridized carbons (Fsp3) is 0.833. The van der Waals surface area contributed by atoms with Crippen LogP contribution in [0.4, 0.5) is 0 Å². The van der Waals surface area contributed by atoms with Crippen molar-refractivity contribution in [2.45, 2.75) is 44.6 Å². The fourth-order valence-corrected chi connectivity index (χ4v) is 2.28. The van der Waals surface area contributed by atoms with E-state index in [-0.39, 0.29) is 5.91 Å². The van der Waals surface area contributed by atoms with Gasteiger partial charge in [-0.15, -0.1) is 0 Å². The summed E-state index contributed by atoms with van der Waals surface area (Å²) < 4.78 is 0. The molecule has 0 aromatic heterocycles. The molecule has 0 aromatic carbocycles. The molecule has 0 radical (unpaired) electrons. The van der Waals surface area contributed by atoms with E-state index in [1.54, 1.807) is 0 Å². The van der Waals surface area contributed by atoms with Crippen molar-refractivity contribution < 1.29 is 14.7 Å². The van der Waals surface area contributed by atoms with Crippen LogP contribution in [0.3, 0.4) is 0 Å². The summed E-state index contributed by atoms with van der Waals surface area (Å²) in [5.74, 6) is -0.373. The van der Waals surface area contributed by atoms with Gasteiger partial charge in [0.15, 0.2) is 0 Å². The van der Waals surface area contributed by atoms with Crippen LogP contribution in [0.15, 0.2) is 0 Å². The van der Waals surface area contributed by atoms with E-state index in [0.29, 0.717) is 24.8 Å². The standard InChI is InChI=1S/C12H17NO3/c14-10(12(5-6-12)11(15)16)13(9-3-4-9)7-8-1-2-8/h8-9H,1-7H2,(H,15,16). The van der Waals surface area contributed by atoms with Crippen molar-refractivity contribution in [1.82, 2.24) is 4.90 Å². The fourth-order valence-electron chi connectivity index (χ4n) is 2.28. The van der Waals surface area contributed by atoms with Crippen molar-refractivity contribution in [3.05, 3.63) is 0 Å². The Balaban J connectivity index is 1.72. The Morgan fingerprint density at radius 1 is 1.19 bits per heavy atom. The molecule has 0 bridgehead atoms. The normalized spacial score (nSPS) is 26.2. The third-order valence-corrected chi connectivity index (χ3v) is 3.97. The molecule has 1 amide bonds. The van der Waals surface area contributed by atoms with Gasteiger partial charge in [0.1, 0.15) is 5.41 Å². The Bertz CT molecular complexity index is 340. The minimum atomic E-state index is -1.03. The summed E-state index contributed by atoms with van der Waals surface area (Å²) in [6.45, 7) is 0.804. The van der Waals surface area contributed by atoms with E-state index in [2.05, 4.69) is 0 Å². The zero-order valence-corrected chi connectivity index (χ0v) is 9.32. The Labute approximate surface area is 94.6 Å². The monoisotopic (exact) mass is 223 g/mol. The van der Waals surface area contributed by atoms with Gasteiger partial charge in [-0.1, -0.05) is 0 Å². The largest absolute Gasteiger partial charge is 0.480 e. The Morgan fingerprint density at radius 3 is 2.19 bits per heavy atom. The van der Waals surface area contributed by atoms with Crippen LogP contribution in [0.1, 0.15) is 38.5 Å². The number of carbonyl (C=O) groups excluding carboxylic acids is 1. The molecule has 88 valence electrons. The predicted octanol–water partition coefficient (Wildman–Crippen LogP) is 1.25. The summed E-state index contributed by atoms with van der Waals surface area (Å²) in [7, 11) is 0. The lowest BCUT2D eigenvalue weighted by Gasteiger charge is -2.25. The number of carboxylic acid groups (broad SMARTS) is 1. The minimum Gasteiger partial charge on any atom is -0.480 e. The van der Waals surface area contributed by atoms with Gasteiger partial charge in [0.25, 0.3) is 0 Å². The number of nitrogens with zero attached hydrogens (tertiary/aromatic N) is 1. The van der Waals surface area contributed by atoms with E-state index in [1.807, 2.05) is 4.90 Å². The SMILES string of the molecule is O=C(O)C1(C(=O)N(CC2CC2)C2CC2)CC1. The van der Waals surface area contributed by atoms with Crippen LogP contribution in [0.25, 0.3) is 0 Å². The maximum absolute atomic E-state index is 12.3. The maximum Gasteiger partial charge on any atom is 0.319 e. The molecule has 0 saturated heterocycles. The van der Waals surface area contributed by atoms with E-state index in [9.17, 15) is 9.59 Å². The summed E-state index contributed by atoms with van der Waals surface area (Å²) in [5, 5.41) is 9.13. The van der Waals surface area contributed by atoms with Gasteiger partial charge in [0.2, 0.25) is 5.91 Å². The molecule has 0 aliphatic heterocycles. The molecule has 3 saturated carbocycles. The molecule has 0 unspecified atom stereocenters. The molecule has 3 fully saturated rings. The van der Waals surface area contributed by atoms with Crippen molar-refractivity contribution in [3.8, 4) is 0 Å². The van der Waals surface area contributed by atoms with Crippen LogP contribution >= 0.6 is 0 Å². The highest BCUT2D eigenvalue weighted by Gasteiger charge is 2.60. The second-order valence-electron chi connectivity index (χ2n) is 5.52. The van der Waals surface area contributed by atoms with Gasteiger partial charge < -0.3 is 10.0 Å². The van der Waals surface area contributed by atoms with Gasteiger partial charge in [-0.25, -0.2) is 0 Å². The quantitative estimate of drug-likeness (QED) is 0.714. The zero-order chi connectivity index (χ0) is 11.3. The minimum absolute atomic E-state index is 0.102. The summed E-state index contributed by atoms with van der Waals surface area (Å²) >= 11 is 0. The van der Waals surface area contributed by atoms with Crippen molar-refractivity contribution in [3.63, 3.8) is 0 Å². The van der Waals surface area contributed by atoms with Crippen LogP contribution in [0.2, 0.25) is 0 Å². The van der Waals surface area contributed by atoms with Gasteiger partial charge in [0.05, 0.1) is 0 Å². The Morgan fingerprint density at radius 2 is 1.81 bits per heavy atom. The first-order valence-corrected chi connectivity index (χ1v) is 6.18. The van der Waals surface area contributed by atoms with Crippen molar-refractivity contribution in [2.75, 3.05) is 6.54 Å². The highest BCUT2D eigenvalue weighted by Crippen LogP contribution is 2.49. The summed E-state index contributed by atoms with van der Waals surface area (Å²) in [6.07, 6.45) is 5.61. The van der Waals surface area contributed by atoms with Crippen LogP contribution in [-0.4, -0.2) is 34.5 Å². The topological polar surface area (TPSA) is 57.6 Å². The van der Waals surface area contributed by atoms with Crippen LogP contribution in [0, 0.1) is 11.3 Å². The molecule has 4 heteroatoms. The van der Waals surface area contributed by atoms with E-state index in [0.717, 1.165) is 19.4 Å². The van der Waals surface area contributed by atoms with Crippen molar-refractivity contribution >= 4 is 11.9 Å².